The van der Waals surface area contributed by atoms with E-state index in [4.69, 9.17) is 4.74 Å². The minimum Gasteiger partial charge on any atom is -0.494 e. The second kappa shape index (κ2) is 8.36. The van der Waals surface area contributed by atoms with Crippen LogP contribution in [0.5, 0.6) is 5.75 Å². The SMILES string of the molecule is Cc1cccc(OCCCC(=O)Nc2ccnn2CC(C)C)c1. The Morgan fingerprint density at radius 1 is 1.35 bits per heavy atom. The first-order valence-corrected chi connectivity index (χ1v) is 8.05. The summed E-state index contributed by atoms with van der Waals surface area (Å²) in [5.74, 6) is 2.07. The highest BCUT2D eigenvalue weighted by Gasteiger charge is 2.08. The van der Waals surface area contributed by atoms with E-state index in [-0.39, 0.29) is 5.91 Å². The summed E-state index contributed by atoms with van der Waals surface area (Å²) in [6.07, 6.45) is 2.82. The van der Waals surface area contributed by atoms with Crippen LogP contribution in [0.25, 0.3) is 0 Å². The molecule has 1 aromatic heterocycles. The van der Waals surface area contributed by atoms with Gasteiger partial charge in [0.1, 0.15) is 11.6 Å². The molecule has 0 aliphatic heterocycles. The van der Waals surface area contributed by atoms with Gasteiger partial charge in [0.2, 0.25) is 5.91 Å². The van der Waals surface area contributed by atoms with Crippen LogP contribution in [-0.4, -0.2) is 22.3 Å². The molecule has 0 aliphatic rings. The fourth-order valence-electron chi connectivity index (χ4n) is 2.26. The molecule has 1 heterocycles. The van der Waals surface area contributed by atoms with Crippen LogP contribution < -0.4 is 10.1 Å². The summed E-state index contributed by atoms with van der Waals surface area (Å²) < 4.78 is 7.48. The number of ether oxygens (including phenoxy) is 1. The summed E-state index contributed by atoms with van der Waals surface area (Å²) in [5.41, 5.74) is 1.17. The largest absolute Gasteiger partial charge is 0.494 e. The Labute approximate surface area is 137 Å². The van der Waals surface area contributed by atoms with Gasteiger partial charge in [-0.3, -0.25) is 4.79 Å². The lowest BCUT2D eigenvalue weighted by Gasteiger charge is -2.11. The quantitative estimate of drug-likeness (QED) is 0.757. The van der Waals surface area contributed by atoms with E-state index in [9.17, 15) is 4.79 Å². The van der Waals surface area contributed by atoms with Crippen molar-refractivity contribution in [2.24, 2.45) is 5.92 Å². The minimum absolute atomic E-state index is 0.0108. The first-order chi connectivity index (χ1) is 11.0. The number of hydrogen-bond acceptors (Lipinski definition) is 3. The molecule has 0 radical (unpaired) electrons. The van der Waals surface area contributed by atoms with Crippen LogP contribution in [0.2, 0.25) is 0 Å². The zero-order valence-corrected chi connectivity index (χ0v) is 14.1. The van der Waals surface area contributed by atoms with Gasteiger partial charge in [0.25, 0.3) is 0 Å². The van der Waals surface area contributed by atoms with Crippen molar-refractivity contribution in [3.8, 4) is 5.75 Å². The first kappa shape index (κ1) is 17.1. The molecule has 0 fully saturated rings. The topological polar surface area (TPSA) is 56.1 Å². The number of carbonyl (C=O) groups excluding carboxylic acids is 1. The monoisotopic (exact) mass is 315 g/mol. The Morgan fingerprint density at radius 2 is 2.17 bits per heavy atom. The Kier molecular flexibility index (Phi) is 6.20. The Morgan fingerprint density at radius 3 is 2.91 bits per heavy atom. The molecule has 0 unspecified atom stereocenters. The van der Waals surface area contributed by atoms with Crippen molar-refractivity contribution in [1.29, 1.82) is 0 Å². The van der Waals surface area contributed by atoms with Gasteiger partial charge in [0, 0.05) is 19.0 Å². The summed E-state index contributed by atoms with van der Waals surface area (Å²) in [5, 5.41) is 7.14. The summed E-state index contributed by atoms with van der Waals surface area (Å²) in [6.45, 7) is 7.59. The molecular formula is C18H25N3O2. The van der Waals surface area contributed by atoms with Crippen LogP contribution in [0.15, 0.2) is 36.5 Å². The maximum absolute atomic E-state index is 12.0. The van der Waals surface area contributed by atoms with E-state index in [1.54, 1.807) is 6.20 Å². The number of anilines is 1. The zero-order valence-electron chi connectivity index (χ0n) is 14.1. The molecule has 2 rings (SSSR count). The number of rotatable bonds is 8. The normalized spacial score (nSPS) is 10.8. The minimum atomic E-state index is -0.0108. The summed E-state index contributed by atoms with van der Waals surface area (Å²) in [7, 11) is 0. The summed E-state index contributed by atoms with van der Waals surface area (Å²) in [6, 6.07) is 9.74. The number of amides is 1. The fraction of sp³-hybridized carbons (Fsp3) is 0.444. The smallest absolute Gasteiger partial charge is 0.225 e. The van der Waals surface area contributed by atoms with Crippen LogP contribution in [0.4, 0.5) is 5.82 Å². The molecule has 2 aromatic rings. The Balaban J connectivity index is 1.72. The van der Waals surface area contributed by atoms with Gasteiger partial charge >= 0.3 is 0 Å². The second-order valence-corrected chi connectivity index (χ2v) is 6.11. The molecule has 23 heavy (non-hydrogen) atoms. The van der Waals surface area contributed by atoms with Crippen molar-refractivity contribution in [3.05, 3.63) is 42.1 Å². The van der Waals surface area contributed by atoms with Gasteiger partial charge in [-0.05, 0) is 37.0 Å². The fourth-order valence-corrected chi connectivity index (χ4v) is 2.26. The lowest BCUT2D eigenvalue weighted by Crippen LogP contribution is -2.17. The molecule has 5 heteroatoms. The molecule has 0 saturated heterocycles. The predicted octanol–water partition coefficient (Wildman–Crippen LogP) is 3.65. The van der Waals surface area contributed by atoms with E-state index in [0.29, 0.717) is 25.4 Å². The highest BCUT2D eigenvalue weighted by atomic mass is 16.5. The van der Waals surface area contributed by atoms with Gasteiger partial charge in [-0.25, -0.2) is 4.68 Å². The van der Waals surface area contributed by atoms with Crippen LogP contribution in [0.3, 0.4) is 0 Å². The van der Waals surface area contributed by atoms with Crippen molar-refractivity contribution in [2.45, 2.75) is 40.2 Å². The van der Waals surface area contributed by atoms with Gasteiger partial charge < -0.3 is 10.1 Å². The van der Waals surface area contributed by atoms with E-state index in [1.165, 1.54) is 5.56 Å². The number of aryl methyl sites for hydroxylation is 1. The van der Waals surface area contributed by atoms with Crippen LogP contribution in [0, 0.1) is 12.8 Å². The van der Waals surface area contributed by atoms with Crippen molar-refractivity contribution in [3.63, 3.8) is 0 Å². The Hall–Kier alpha value is -2.30. The van der Waals surface area contributed by atoms with E-state index < -0.39 is 0 Å². The van der Waals surface area contributed by atoms with Gasteiger partial charge in [-0.2, -0.15) is 5.10 Å². The summed E-state index contributed by atoms with van der Waals surface area (Å²) >= 11 is 0. The van der Waals surface area contributed by atoms with Crippen molar-refractivity contribution >= 4 is 11.7 Å². The number of nitrogens with one attached hydrogen (secondary N) is 1. The van der Waals surface area contributed by atoms with Crippen molar-refractivity contribution in [2.75, 3.05) is 11.9 Å². The van der Waals surface area contributed by atoms with E-state index in [0.717, 1.165) is 18.1 Å². The lowest BCUT2D eigenvalue weighted by molar-refractivity contribution is -0.116. The van der Waals surface area contributed by atoms with Crippen LogP contribution in [-0.2, 0) is 11.3 Å². The van der Waals surface area contributed by atoms with E-state index in [1.807, 2.05) is 41.9 Å². The number of nitrogens with zero attached hydrogens (tertiary/aromatic N) is 2. The van der Waals surface area contributed by atoms with Crippen molar-refractivity contribution in [1.82, 2.24) is 9.78 Å². The maximum atomic E-state index is 12.0. The highest BCUT2D eigenvalue weighted by molar-refractivity contribution is 5.89. The maximum Gasteiger partial charge on any atom is 0.225 e. The molecule has 124 valence electrons. The number of aromatic nitrogens is 2. The molecule has 0 atom stereocenters. The predicted molar refractivity (Wildman–Crippen MR) is 91.6 cm³/mol. The third-order valence-corrected chi connectivity index (χ3v) is 3.33. The molecule has 0 saturated carbocycles. The molecule has 0 bridgehead atoms. The average molecular weight is 315 g/mol. The molecule has 0 spiro atoms. The summed E-state index contributed by atoms with van der Waals surface area (Å²) in [4.78, 5) is 12.0. The number of benzene rings is 1. The second-order valence-electron chi connectivity index (χ2n) is 6.11. The van der Waals surface area contributed by atoms with Gasteiger partial charge in [-0.1, -0.05) is 26.0 Å². The molecule has 1 N–H and O–H groups in total. The number of carbonyl (C=O) groups is 1. The average Bonchev–Trinajstić information content (AvgIpc) is 2.90. The molecule has 5 nitrogen and oxygen atoms in total. The third-order valence-electron chi connectivity index (χ3n) is 3.33. The zero-order chi connectivity index (χ0) is 16.7. The van der Waals surface area contributed by atoms with Gasteiger partial charge in [0.15, 0.2) is 0 Å². The van der Waals surface area contributed by atoms with Crippen LogP contribution >= 0.6 is 0 Å². The van der Waals surface area contributed by atoms with Gasteiger partial charge in [0.05, 0.1) is 12.8 Å². The number of hydrogen-bond donors (Lipinski definition) is 1. The molecule has 1 amide bonds. The standard InChI is InChI=1S/C18H25N3O2/c1-14(2)13-21-17(9-10-19-21)20-18(22)8-5-11-23-16-7-4-6-15(3)12-16/h4,6-7,9-10,12,14H,5,8,11,13H2,1-3H3,(H,20,22). The molecular weight excluding hydrogens is 290 g/mol. The third kappa shape index (κ3) is 5.77. The first-order valence-electron chi connectivity index (χ1n) is 8.05. The van der Waals surface area contributed by atoms with Crippen LogP contribution in [0.1, 0.15) is 32.3 Å². The Bertz CT molecular complexity index is 635. The lowest BCUT2D eigenvalue weighted by atomic mass is 10.2. The molecule has 1 aromatic carbocycles. The highest BCUT2D eigenvalue weighted by Crippen LogP contribution is 2.13. The van der Waals surface area contributed by atoms with E-state index >= 15 is 0 Å². The van der Waals surface area contributed by atoms with E-state index in [2.05, 4.69) is 24.3 Å². The van der Waals surface area contributed by atoms with Crippen molar-refractivity contribution < 1.29 is 9.53 Å². The van der Waals surface area contributed by atoms with Gasteiger partial charge in [-0.15, -0.1) is 0 Å². The molecule has 0 aliphatic carbocycles.